The standard InChI is InChI=1S/C20H21F2N3O5/c1-24-9-20(4-5-30-10-20)25-8-13(16(26)17(27)15(25)19(24)29)18(28)23-7-11-2-3-12(21)6-14(11)22/h2-3,6,8,16,26-27H,4-5,7,9-10H2,1H3,(H,23,28). The normalized spacial score (nSPS) is 26.2. The maximum atomic E-state index is 13.8. The second kappa shape index (κ2) is 7.37. The zero-order valence-corrected chi connectivity index (χ0v) is 16.2. The van der Waals surface area contributed by atoms with Gasteiger partial charge in [-0.15, -0.1) is 0 Å². The van der Waals surface area contributed by atoms with Gasteiger partial charge in [0.2, 0.25) is 0 Å². The van der Waals surface area contributed by atoms with Gasteiger partial charge in [0.05, 0.1) is 17.7 Å². The van der Waals surface area contributed by atoms with Crippen LogP contribution in [0.4, 0.5) is 8.78 Å². The van der Waals surface area contributed by atoms with Gasteiger partial charge in [0, 0.05) is 44.6 Å². The first-order valence-corrected chi connectivity index (χ1v) is 9.41. The molecule has 3 heterocycles. The number of ether oxygens (including phenoxy) is 1. The molecule has 160 valence electrons. The van der Waals surface area contributed by atoms with E-state index in [-0.39, 0.29) is 30.0 Å². The van der Waals surface area contributed by atoms with E-state index in [1.165, 1.54) is 22.1 Å². The van der Waals surface area contributed by atoms with E-state index in [1.807, 2.05) is 0 Å². The number of hydrogen-bond acceptors (Lipinski definition) is 6. The number of halogens is 2. The van der Waals surface area contributed by atoms with Crippen molar-refractivity contribution in [2.45, 2.75) is 24.6 Å². The van der Waals surface area contributed by atoms with E-state index in [2.05, 4.69) is 5.32 Å². The van der Waals surface area contributed by atoms with Gasteiger partial charge in [0.1, 0.15) is 23.4 Å². The smallest absolute Gasteiger partial charge is 0.273 e. The van der Waals surface area contributed by atoms with E-state index in [0.717, 1.165) is 6.07 Å². The number of likely N-dealkylation sites (N-methyl/N-ethyl adjacent to an activating group) is 1. The molecule has 30 heavy (non-hydrogen) atoms. The molecule has 3 N–H and O–H groups in total. The molecular formula is C20H21F2N3O5. The van der Waals surface area contributed by atoms with Crippen molar-refractivity contribution >= 4 is 11.8 Å². The molecule has 0 aliphatic carbocycles. The molecule has 1 aromatic rings. The van der Waals surface area contributed by atoms with Gasteiger partial charge < -0.3 is 30.1 Å². The molecule has 8 nitrogen and oxygen atoms in total. The molecule has 0 bridgehead atoms. The van der Waals surface area contributed by atoms with Gasteiger partial charge >= 0.3 is 0 Å². The third kappa shape index (κ3) is 3.21. The molecule has 1 aromatic carbocycles. The summed E-state index contributed by atoms with van der Waals surface area (Å²) in [6, 6.07) is 2.98. The SMILES string of the molecule is CN1CC2(CCOC2)N2C=C(C(=O)NCc3ccc(F)cc3F)C(O)C(O)=C2C1=O. The number of fused-ring (bicyclic) bond motifs is 2. The topological polar surface area (TPSA) is 102 Å². The Morgan fingerprint density at radius 1 is 1.40 bits per heavy atom. The van der Waals surface area contributed by atoms with Crippen LogP contribution in [0.15, 0.2) is 41.4 Å². The van der Waals surface area contributed by atoms with Gasteiger partial charge in [-0.25, -0.2) is 8.78 Å². The Bertz CT molecular complexity index is 971. The largest absolute Gasteiger partial charge is 0.507 e. The van der Waals surface area contributed by atoms with E-state index in [1.54, 1.807) is 7.05 Å². The summed E-state index contributed by atoms with van der Waals surface area (Å²) in [5.41, 5.74) is -0.891. The fourth-order valence-corrected chi connectivity index (χ4v) is 4.07. The molecule has 0 aromatic heterocycles. The summed E-state index contributed by atoms with van der Waals surface area (Å²) in [7, 11) is 1.59. The monoisotopic (exact) mass is 421 g/mol. The Balaban J connectivity index is 1.62. The van der Waals surface area contributed by atoms with E-state index in [4.69, 9.17) is 4.74 Å². The number of piperazine rings is 1. The molecule has 0 radical (unpaired) electrons. The highest BCUT2D eigenvalue weighted by Crippen LogP contribution is 2.40. The van der Waals surface area contributed by atoms with E-state index < -0.39 is 40.9 Å². The first kappa shape index (κ1) is 20.3. The van der Waals surface area contributed by atoms with Crippen molar-refractivity contribution in [3.63, 3.8) is 0 Å². The zero-order chi connectivity index (χ0) is 21.6. The number of nitrogens with zero attached hydrogens (tertiary/aromatic N) is 2. The molecule has 2 unspecified atom stereocenters. The van der Waals surface area contributed by atoms with Crippen molar-refractivity contribution in [1.29, 1.82) is 0 Å². The lowest BCUT2D eigenvalue weighted by molar-refractivity contribution is -0.135. The number of benzene rings is 1. The Morgan fingerprint density at radius 2 is 2.17 bits per heavy atom. The third-order valence-corrected chi connectivity index (χ3v) is 5.70. The predicted octanol–water partition coefficient (Wildman–Crippen LogP) is 0.542. The van der Waals surface area contributed by atoms with Crippen molar-refractivity contribution < 1.29 is 33.3 Å². The molecule has 2 fully saturated rings. The van der Waals surface area contributed by atoms with Crippen LogP contribution in [0.1, 0.15) is 12.0 Å². The lowest BCUT2D eigenvalue weighted by atomic mass is 9.88. The summed E-state index contributed by atoms with van der Waals surface area (Å²) in [6.07, 6.45) is 0.184. The molecular weight excluding hydrogens is 400 g/mol. The summed E-state index contributed by atoms with van der Waals surface area (Å²) in [6.45, 7) is 0.811. The lowest BCUT2D eigenvalue weighted by Gasteiger charge is -2.49. The van der Waals surface area contributed by atoms with Gasteiger partial charge in [-0.1, -0.05) is 6.07 Å². The van der Waals surface area contributed by atoms with Crippen LogP contribution in [0.25, 0.3) is 0 Å². The van der Waals surface area contributed by atoms with Crippen molar-refractivity contribution in [3.05, 3.63) is 58.6 Å². The molecule has 2 amide bonds. The van der Waals surface area contributed by atoms with Crippen LogP contribution >= 0.6 is 0 Å². The summed E-state index contributed by atoms with van der Waals surface area (Å²) in [5, 5.41) is 23.5. The number of amides is 2. The predicted molar refractivity (Wildman–Crippen MR) is 99.6 cm³/mol. The van der Waals surface area contributed by atoms with Gasteiger partial charge in [0.15, 0.2) is 5.76 Å². The zero-order valence-electron chi connectivity index (χ0n) is 16.2. The molecule has 1 spiro atoms. The number of carbonyl (C=O) groups excluding carboxylic acids is 2. The Kier molecular flexibility index (Phi) is 4.99. The summed E-state index contributed by atoms with van der Waals surface area (Å²) in [5.74, 6) is -3.41. The molecule has 3 aliphatic rings. The average Bonchev–Trinajstić information content (AvgIpc) is 3.16. The van der Waals surface area contributed by atoms with Crippen LogP contribution in [0.5, 0.6) is 0 Å². The fraction of sp³-hybridized carbons (Fsp3) is 0.400. The molecule has 10 heteroatoms. The first-order chi connectivity index (χ1) is 14.2. The highest BCUT2D eigenvalue weighted by Gasteiger charge is 2.52. The third-order valence-electron chi connectivity index (χ3n) is 5.70. The van der Waals surface area contributed by atoms with Crippen LogP contribution in [-0.2, 0) is 20.9 Å². The van der Waals surface area contributed by atoms with E-state index in [0.29, 0.717) is 25.6 Å². The minimum atomic E-state index is -1.72. The van der Waals surface area contributed by atoms with Gasteiger partial charge in [-0.05, 0) is 12.5 Å². The Hall–Kier alpha value is -2.98. The highest BCUT2D eigenvalue weighted by atomic mass is 19.1. The van der Waals surface area contributed by atoms with Crippen LogP contribution < -0.4 is 5.32 Å². The summed E-state index contributed by atoms with van der Waals surface area (Å²) < 4.78 is 32.4. The first-order valence-electron chi connectivity index (χ1n) is 9.41. The summed E-state index contributed by atoms with van der Waals surface area (Å²) >= 11 is 0. The van der Waals surface area contributed by atoms with Gasteiger partial charge in [-0.3, -0.25) is 9.59 Å². The lowest BCUT2D eigenvalue weighted by Crippen LogP contribution is -2.62. The second-order valence-electron chi connectivity index (χ2n) is 7.70. The van der Waals surface area contributed by atoms with Gasteiger partial charge in [-0.2, -0.15) is 0 Å². The van der Waals surface area contributed by atoms with Crippen LogP contribution in [0.2, 0.25) is 0 Å². The van der Waals surface area contributed by atoms with Crippen LogP contribution in [-0.4, -0.2) is 70.3 Å². The van der Waals surface area contributed by atoms with Crippen LogP contribution in [0.3, 0.4) is 0 Å². The number of hydrogen-bond donors (Lipinski definition) is 3. The fourth-order valence-electron chi connectivity index (χ4n) is 4.07. The molecule has 2 atom stereocenters. The van der Waals surface area contributed by atoms with E-state index >= 15 is 0 Å². The Morgan fingerprint density at radius 3 is 2.83 bits per heavy atom. The van der Waals surface area contributed by atoms with Crippen molar-refractivity contribution in [3.8, 4) is 0 Å². The second-order valence-corrected chi connectivity index (χ2v) is 7.70. The summed E-state index contributed by atoms with van der Waals surface area (Å²) in [4.78, 5) is 28.3. The Labute approximate surface area is 171 Å². The van der Waals surface area contributed by atoms with Gasteiger partial charge in [0.25, 0.3) is 11.8 Å². The van der Waals surface area contributed by atoms with Crippen molar-refractivity contribution in [2.75, 3.05) is 26.8 Å². The maximum Gasteiger partial charge on any atom is 0.273 e. The number of nitrogens with one attached hydrogen (secondary N) is 1. The quantitative estimate of drug-likeness (QED) is 0.659. The molecule has 4 rings (SSSR count). The number of rotatable bonds is 3. The minimum absolute atomic E-state index is 0.0616. The van der Waals surface area contributed by atoms with Crippen LogP contribution in [0, 0.1) is 11.6 Å². The molecule has 3 aliphatic heterocycles. The highest BCUT2D eigenvalue weighted by molar-refractivity contribution is 5.99. The number of aliphatic hydroxyl groups is 2. The average molecular weight is 421 g/mol. The van der Waals surface area contributed by atoms with Crippen molar-refractivity contribution in [1.82, 2.24) is 15.1 Å². The number of carbonyl (C=O) groups is 2. The molecule has 0 saturated carbocycles. The number of aliphatic hydroxyl groups excluding tert-OH is 2. The van der Waals surface area contributed by atoms with Crippen molar-refractivity contribution in [2.24, 2.45) is 0 Å². The minimum Gasteiger partial charge on any atom is -0.507 e. The van der Waals surface area contributed by atoms with E-state index in [9.17, 15) is 28.6 Å². The maximum absolute atomic E-state index is 13.8. The molecule has 2 saturated heterocycles.